The lowest BCUT2D eigenvalue weighted by molar-refractivity contribution is -0.145. The first kappa shape index (κ1) is 16.7. The van der Waals surface area contributed by atoms with E-state index in [4.69, 9.17) is 9.47 Å². The summed E-state index contributed by atoms with van der Waals surface area (Å²) in [6.07, 6.45) is 1.66. The van der Waals surface area contributed by atoms with Crippen LogP contribution in [0.3, 0.4) is 0 Å². The van der Waals surface area contributed by atoms with Crippen molar-refractivity contribution in [2.24, 2.45) is 0 Å². The first-order chi connectivity index (χ1) is 11.6. The van der Waals surface area contributed by atoms with Crippen molar-refractivity contribution in [2.45, 2.75) is 26.9 Å². The fraction of sp³-hybridized carbons (Fsp3) is 0.438. The number of nitrogens with zero attached hydrogens (tertiary/aromatic N) is 3. The first-order valence-corrected chi connectivity index (χ1v) is 8.51. The molecule has 0 saturated heterocycles. The van der Waals surface area contributed by atoms with Crippen LogP contribution in [0.15, 0.2) is 17.1 Å². The van der Waals surface area contributed by atoms with E-state index in [1.54, 1.807) is 17.5 Å². The molecule has 3 rings (SSSR count). The number of fused-ring (bicyclic) bond motifs is 3. The van der Waals surface area contributed by atoms with Crippen molar-refractivity contribution < 1.29 is 14.3 Å². The predicted octanol–water partition coefficient (Wildman–Crippen LogP) is 1.93. The van der Waals surface area contributed by atoms with Gasteiger partial charge in [0.2, 0.25) is 0 Å². The number of aromatic nitrogens is 3. The lowest BCUT2D eigenvalue weighted by Crippen LogP contribution is -2.29. The van der Waals surface area contributed by atoms with E-state index >= 15 is 0 Å². The van der Waals surface area contributed by atoms with Gasteiger partial charge in [-0.15, -0.1) is 11.3 Å². The van der Waals surface area contributed by atoms with Gasteiger partial charge in [-0.05, 0) is 19.9 Å². The molecule has 128 valence electrons. The van der Waals surface area contributed by atoms with Gasteiger partial charge >= 0.3 is 5.97 Å². The second-order valence-electron chi connectivity index (χ2n) is 5.40. The molecule has 0 atom stereocenters. The molecular weight excluding hydrogens is 330 g/mol. The number of ether oxygens (including phenoxy) is 2. The van der Waals surface area contributed by atoms with Crippen LogP contribution in [0.2, 0.25) is 0 Å². The third kappa shape index (κ3) is 2.83. The summed E-state index contributed by atoms with van der Waals surface area (Å²) in [7, 11) is 1.53. The monoisotopic (exact) mass is 349 g/mol. The maximum Gasteiger partial charge on any atom is 0.328 e. The molecule has 3 heterocycles. The van der Waals surface area contributed by atoms with Gasteiger partial charge in [-0.25, -0.2) is 4.68 Å². The molecule has 0 unspecified atom stereocenters. The Hall–Kier alpha value is -2.19. The van der Waals surface area contributed by atoms with E-state index in [0.29, 0.717) is 18.7 Å². The van der Waals surface area contributed by atoms with Crippen LogP contribution in [0.25, 0.3) is 21.1 Å². The van der Waals surface area contributed by atoms with Crippen molar-refractivity contribution in [1.29, 1.82) is 0 Å². The third-order valence-electron chi connectivity index (χ3n) is 3.80. The van der Waals surface area contributed by atoms with E-state index in [1.807, 2.05) is 18.4 Å². The summed E-state index contributed by atoms with van der Waals surface area (Å²) < 4.78 is 14.0. The molecule has 0 fully saturated rings. The quantitative estimate of drug-likeness (QED) is 0.502. The van der Waals surface area contributed by atoms with Crippen LogP contribution in [0.4, 0.5) is 0 Å². The van der Waals surface area contributed by atoms with Crippen LogP contribution in [-0.2, 0) is 27.4 Å². The van der Waals surface area contributed by atoms with E-state index in [1.165, 1.54) is 12.0 Å². The molecule has 3 aromatic rings. The fourth-order valence-corrected chi connectivity index (χ4v) is 3.79. The number of esters is 1. The predicted molar refractivity (Wildman–Crippen MR) is 92.6 cm³/mol. The Balaban J connectivity index is 2.01. The van der Waals surface area contributed by atoms with Gasteiger partial charge in [0, 0.05) is 23.9 Å². The summed E-state index contributed by atoms with van der Waals surface area (Å²) in [6, 6.07) is 2.08. The average Bonchev–Trinajstić information content (AvgIpc) is 3.05. The SMILES string of the molecule is CCn1c2cc(C)sc2c2cnn(CC(=O)OCCOC)c(=O)c21. The van der Waals surface area contributed by atoms with Gasteiger partial charge in [0.25, 0.3) is 5.56 Å². The largest absolute Gasteiger partial charge is 0.462 e. The van der Waals surface area contributed by atoms with Crippen molar-refractivity contribution >= 4 is 38.4 Å². The van der Waals surface area contributed by atoms with Gasteiger partial charge in [-0.1, -0.05) is 0 Å². The average molecular weight is 349 g/mol. The maximum atomic E-state index is 12.8. The Bertz CT molecular complexity index is 954. The number of rotatable bonds is 6. The molecule has 0 aliphatic carbocycles. The highest BCUT2D eigenvalue weighted by atomic mass is 32.1. The maximum absolute atomic E-state index is 12.8. The zero-order chi connectivity index (χ0) is 17.3. The Kier molecular flexibility index (Phi) is 4.68. The van der Waals surface area contributed by atoms with Crippen LogP contribution in [-0.4, -0.2) is 40.6 Å². The van der Waals surface area contributed by atoms with Crippen LogP contribution in [0, 0.1) is 6.92 Å². The normalized spacial score (nSPS) is 11.5. The van der Waals surface area contributed by atoms with E-state index in [0.717, 1.165) is 20.3 Å². The smallest absolute Gasteiger partial charge is 0.328 e. The summed E-state index contributed by atoms with van der Waals surface area (Å²) in [5, 5.41) is 4.98. The fourth-order valence-electron chi connectivity index (χ4n) is 2.77. The van der Waals surface area contributed by atoms with Crippen molar-refractivity contribution in [1.82, 2.24) is 14.3 Å². The molecule has 0 aliphatic rings. The standard InChI is InChI=1S/C16H19N3O4S/c1-4-18-12-7-10(2)24-15(12)11-8-17-19(16(21)14(11)18)9-13(20)23-6-5-22-3/h7-8H,4-6,9H2,1-3H3. The molecule has 0 bridgehead atoms. The lowest BCUT2D eigenvalue weighted by Gasteiger charge is -2.07. The summed E-state index contributed by atoms with van der Waals surface area (Å²) >= 11 is 1.65. The minimum Gasteiger partial charge on any atom is -0.462 e. The molecule has 8 heteroatoms. The minimum absolute atomic E-state index is 0.159. The van der Waals surface area contributed by atoms with Gasteiger partial charge in [0.05, 0.1) is 23.0 Å². The lowest BCUT2D eigenvalue weighted by atomic mass is 10.3. The molecule has 0 saturated carbocycles. The Labute approximate surface area is 142 Å². The highest BCUT2D eigenvalue weighted by molar-refractivity contribution is 7.20. The van der Waals surface area contributed by atoms with Crippen LogP contribution < -0.4 is 5.56 Å². The molecule has 0 spiro atoms. The molecule has 24 heavy (non-hydrogen) atoms. The zero-order valence-electron chi connectivity index (χ0n) is 13.9. The molecule has 3 aromatic heterocycles. The number of methoxy groups -OCH3 is 1. The Morgan fingerprint density at radius 3 is 2.88 bits per heavy atom. The molecular formula is C16H19N3O4S. The van der Waals surface area contributed by atoms with Gasteiger partial charge in [-0.2, -0.15) is 5.10 Å². The highest BCUT2D eigenvalue weighted by Crippen LogP contribution is 2.33. The topological polar surface area (TPSA) is 75.3 Å². The molecule has 7 nitrogen and oxygen atoms in total. The highest BCUT2D eigenvalue weighted by Gasteiger charge is 2.18. The van der Waals surface area contributed by atoms with E-state index in [2.05, 4.69) is 11.2 Å². The molecule has 0 N–H and O–H groups in total. The molecule has 0 aliphatic heterocycles. The van der Waals surface area contributed by atoms with E-state index in [-0.39, 0.29) is 18.7 Å². The van der Waals surface area contributed by atoms with Crippen LogP contribution >= 0.6 is 11.3 Å². The third-order valence-corrected chi connectivity index (χ3v) is 4.88. The second-order valence-corrected chi connectivity index (χ2v) is 6.65. The van der Waals surface area contributed by atoms with Crippen molar-refractivity contribution in [3.8, 4) is 0 Å². The zero-order valence-corrected chi connectivity index (χ0v) is 14.7. The Morgan fingerprint density at radius 2 is 2.17 bits per heavy atom. The van der Waals surface area contributed by atoms with Gasteiger partial charge in [0.15, 0.2) is 0 Å². The number of carbonyl (C=O) groups is 1. The van der Waals surface area contributed by atoms with Gasteiger partial charge in [-0.3, -0.25) is 9.59 Å². The van der Waals surface area contributed by atoms with E-state index in [9.17, 15) is 9.59 Å². The van der Waals surface area contributed by atoms with Crippen LogP contribution in [0.1, 0.15) is 11.8 Å². The summed E-state index contributed by atoms with van der Waals surface area (Å²) in [5.74, 6) is -0.506. The van der Waals surface area contributed by atoms with Crippen molar-refractivity contribution in [2.75, 3.05) is 20.3 Å². The van der Waals surface area contributed by atoms with Crippen LogP contribution in [0.5, 0.6) is 0 Å². The number of hydrogen-bond donors (Lipinski definition) is 0. The number of thiophene rings is 1. The number of hydrogen-bond acceptors (Lipinski definition) is 6. The second kappa shape index (κ2) is 6.74. The van der Waals surface area contributed by atoms with Crippen molar-refractivity contribution in [3.63, 3.8) is 0 Å². The summed E-state index contributed by atoms with van der Waals surface area (Å²) in [4.78, 5) is 25.8. The first-order valence-electron chi connectivity index (χ1n) is 7.69. The molecule has 0 aromatic carbocycles. The molecule has 0 radical (unpaired) electrons. The number of aryl methyl sites for hydroxylation is 2. The van der Waals surface area contributed by atoms with Gasteiger partial charge < -0.3 is 14.0 Å². The molecule has 0 amide bonds. The summed E-state index contributed by atoms with van der Waals surface area (Å²) in [6.45, 7) is 4.98. The Morgan fingerprint density at radius 1 is 1.38 bits per heavy atom. The summed E-state index contributed by atoms with van der Waals surface area (Å²) in [5.41, 5.74) is 1.34. The number of carbonyl (C=O) groups excluding carboxylic acids is 1. The minimum atomic E-state index is -0.506. The van der Waals surface area contributed by atoms with Gasteiger partial charge in [0.1, 0.15) is 18.7 Å². The van der Waals surface area contributed by atoms with E-state index < -0.39 is 5.97 Å². The van der Waals surface area contributed by atoms with Crippen molar-refractivity contribution in [3.05, 3.63) is 27.5 Å².